The van der Waals surface area contributed by atoms with Crippen molar-refractivity contribution in [2.24, 2.45) is 5.92 Å². The maximum Gasteiger partial charge on any atom is 0.547 e. The van der Waals surface area contributed by atoms with Gasteiger partial charge in [0.15, 0.2) is 6.29 Å². The second-order valence-corrected chi connectivity index (χ2v) is 9.11. The van der Waals surface area contributed by atoms with Crippen LogP contribution in [0.25, 0.3) is 0 Å². The highest BCUT2D eigenvalue weighted by Crippen LogP contribution is 2.33. The number of hydrogen-bond acceptors (Lipinski definition) is 8. The first kappa shape index (κ1) is 24.5. The van der Waals surface area contributed by atoms with Crippen LogP contribution in [-0.2, 0) is 11.2 Å². The quantitative estimate of drug-likeness (QED) is 0.183. The highest BCUT2D eigenvalue weighted by molar-refractivity contribution is 6.46. The van der Waals surface area contributed by atoms with Crippen molar-refractivity contribution in [1.29, 1.82) is 0 Å². The van der Waals surface area contributed by atoms with E-state index in [0.717, 1.165) is 50.2 Å². The molecular formula is C24H33BN4O5. The van der Waals surface area contributed by atoms with Gasteiger partial charge in [0.1, 0.15) is 11.6 Å². The molecule has 0 radical (unpaired) electrons. The first-order chi connectivity index (χ1) is 16.5. The fraction of sp³-hybridized carbons (Fsp3) is 0.500. The summed E-state index contributed by atoms with van der Waals surface area (Å²) in [6, 6.07) is 11.3. The summed E-state index contributed by atoms with van der Waals surface area (Å²) in [5.74, 6) is 0.815. The number of nitrogens with one attached hydrogen (secondary N) is 3. The summed E-state index contributed by atoms with van der Waals surface area (Å²) in [6.45, 7) is 1.68. The molecule has 0 bridgehead atoms. The van der Waals surface area contributed by atoms with Gasteiger partial charge in [-0.25, -0.2) is 4.98 Å². The van der Waals surface area contributed by atoms with E-state index in [1.54, 1.807) is 18.3 Å². The Morgan fingerprint density at radius 2 is 1.94 bits per heavy atom. The van der Waals surface area contributed by atoms with Crippen molar-refractivity contribution < 1.29 is 24.7 Å². The van der Waals surface area contributed by atoms with E-state index in [0.29, 0.717) is 24.8 Å². The van der Waals surface area contributed by atoms with Gasteiger partial charge in [0, 0.05) is 37.3 Å². The Hall–Kier alpha value is -2.66. The van der Waals surface area contributed by atoms with Crippen molar-refractivity contribution in [3.63, 3.8) is 0 Å². The molecule has 1 aliphatic carbocycles. The summed E-state index contributed by atoms with van der Waals surface area (Å²) >= 11 is 0. The molecule has 6 N–H and O–H groups in total. The standard InChI is InChI=1S/C24H33BN4O5/c30-22(29-20-15-17-4-3-5-19(24(31)32)23(17)34-25(20)33)14-16-7-9-18(10-8-16)26-12-13-28-21-6-1-2-11-27-21/h1-6,11,16,18,20,24,26,31-33H,7-10,12-15H2,(H,27,28)(H,29,30)/t16?,18?,20-/m0/s1. The third-order valence-electron chi connectivity index (χ3n) is 6.62. The molecule has 1 aromatic carbocycles. The van der Waals surface area contributed by atoms with E-state index in [4.69, 9.17) is 4.65 Å². The number of para-hydroxylation sites is 1. The number of pyridine rings is 1. The fourth-order valence-corrected chi connectivity index (χ4v) is 4.81. The zero-order valence-electron chi connectivity index (χ0n) is 19.2. The minimum atomic E-state index is -1.69. The van der Waals surface area contributed by atoms with E-state index in [9.17, 15) is 20.0 Å². The molecule has 34 heavy (non-hydrogen) atoms. The van der Waals surface area contributed by atoms with Gasteiger partial charge in [-0.1, -0.05) is 24.3 Å². The number of amides is 1. The highest BCUT2D eigenvalue weighted by Gasteiger charge is 2.37. The maximum absolute atomic E-state index is 12.7. The third kappa shape index (κ3) is 6.47. The maximum atomic E-state index is 12.7. The Morgan fingerprint density at radius 1 is 1.12 bits per heavy atom. The average molecular weight is 468 g/mol. The van der Waals surface area contributed by atoms with Crippen molar-refractivity contribution in [3.05, 3.63) is 53.7 Å². The van der Waals surface area contributed by atoms with Crippen LogP contribution in [0.3, 0.4) is 0 Å². The summed E-state index contributed by atoms with van der Waals surface area (Å²) in [5.41, 5.74) is 0.935. The Balaban J connectivity index is 1.16. The number of rotatable bonds is 9. The van der Waals surface area contributed by atoms with Crippen molar-refractivity contribution in [2.75, 3.05) is 18.4 Å². The smallest absolute Gasteiger partial charge is 0.534 e. The van der Waals surface area contributed by atoms with Gasteiger partial charge in [0.2, 0.25) is 5.91 Å². The number of carbonyl (C=O) groups is 1. The second kappa shape index (κ2) is 11.7. The van der Waals surface area contributed by atoms with E-state index in [1.165, 1.54) is 6.07 Å². The van der Waals surface area contributed by atoms with E-state index in [-0.39, 0.29) is 17.2 Å². The fourth-order valence-electron chi connectivity index (χ4n) is 4.81. The van der Waals surface area contributed by atoms with Gasteiger partial charge in [-0.15, -0.1) is 0 Å². The number of fused-ring (bicyclic) bond motifs is 1. The predicted molar refractivity (Wildman–Crippen MR) is 129 cm³/mol. The lowest BCUT2D eigenvalue weighted by Gasteiger charge is -2.31. The molecule has 1 aliphatic heterocycles. The molecule has 2 aliphatic rings. The molecule has 1 atom stereocenters. The summed E-state index contributed by atoms with van der Waals surface area (Å²) < 4.78 is 5.52. The second-order valence-electron chi connectivity index (χ2n) is 9.11. The van der Waals surface area contributed by atoms with Crippen molar-refractivity contribution in [2.45, 2.75) is 56.8 Å². The molecule has 1 fully saturated rings. The van der Waals surface area contributed by atoms with Gasteiger partial charge < -0.3 is 35.8 Å². The van der Waals surface area contributed by atoms with Crippen LogP contribution in [0.1, 0.15) is 49.5 Å². The van der Waals surface area contributed by atoms with Gasteiger partial charge in [-0.05, 0) is 55.7 Å². The lowest BCUT2D eigenvalue weighted by Crippen LogP contribution is -2.53. The molecule has 0 spiro atoms. The van der Waals surface area contributed by atoms with E-state index >= 15 is 0 Å². The number of benzene rings is 1. The highest BCUT2D eigenvalue weighted by atomic mass is 16.5. The number of hydrogen-bond donors (Lipinski definition) is 6. The van der Waals surface area contributed by atoms with Crippen LogP contribution in [0, 0.1) is 5.92 Å². The molecule has 2 heterocycles. The first-order valence-corrected chi connectivity index (χ1v) is 12.0. The Labute approximate surface area is 200 Å². The number of aromatic nitrogens is 1. The summed E-state index contributed by atoms with van der Waals surface area (Å²) in [7, 11) is -1.24. The summed E-state index contributed by atoms with van der Waals surface area (Å²) in [4.78, 5) is 16.9. The minimum Gasteiger partial charge on any atom is -0.534 e. The molecule has 9 nitrogen and oxygen atoms in total. The van der Waals surface area contributed by atoms with Crippen LogP contribution < -0.4 is 20.6 Å². The van der Waals surface area contributed by atoms with Crippen LogP contribution in [0.2, 0.25) is 0 Å². The number of carbonyl (C=O) groups excluding carboxylic acids is 1. The van der Waals surface area contributed by atoms with Crippen LogP contribution in [0.5, 0.6) is 5.75 Å². The van der Waals surface area contributed by atoms with Crippen LogP contribution in [-0.4, -0.2) is 58.3 Å². The number of aliphatic hydroxyl groups excluding tert-OH is 1. The molecule has 1 aromatic heterocycles. The van der Waals surface area contributed by atoms with Gasteiger partial charge in [0.05, 0.1) is 5.94 Å². The predicted octanol–water partition coefficient (Wildman–Crippen LogP) is 1.15. The van der Waals surface area contributed by atoms with Crippen LogP contribution in [0.4, 0.5) is 5.82 Å². The molecule has 2 aromatic rings. The van der Waals surface area contributed by atoms with Crippen molar-refractivity contribution in [1.82, 2.24) is 15.6 Å². The van der Waals surface area contributed by atoms with E-state index in [2.05, 4.69) is 20.9 Å². The normalized spacial score (nSPS) is 22.1. The zero-order valence-corrected chi connectivity index (χ0v) is 19.2. The molecule has 4 rings (SSSR count). The van der Waals surface area contributed by atoms with E-state index < -0.39 is 19.3 Å². The van der Waals surface area contributed by atoms with Gasteiger partial charge in [-0.3, -0.25) is 4.79 Å². The average Bonchev–Trinajstić information content (AvgIpc) is 2.83. The molecule has 1 amide bonds. The molecular weight excluding hydrogens is 435 g/mol. The monoisotopic (exact) mass is 468 g/mol. The summed E-state index contributed by atoms with van der Waals surface area (Å²) in [5, 5.41) is 39.2. The first-order valence-electron chi connectivity index (χ1n) is 12.0. The van der Waals surface area contributed by atoms with Gasteiger partial charge >= 0.3 is 7.12 Å². The van der Waals surface area contributed by atoms with E-state index in [1.807, 2.05) is 18.2 Å². The molecule has 0 saturated heterocycles. The number of nitrogens with zero attached hydrogens (tertiary/aromatic N) is 1. The lowest BCUT2D eigenvalue weighted by molar-refractivity contribution is -0.122. The Kier molecular flexibility index (Phi) is 8.39. The number of aliphatic hydroxyl groups is 2. The third-order valence-corrected chi connectivity index (χ3v) is 6.62. The largest absolute Gasteiger partial charge is 0.547 e. The Morgan fingerprint density at radius 3 is 2.68 bits per heavy atom. The molecule has 1 saturated carbocycles. The van der Waals surface area contributed by atoms with Crippen molar-refractivity contribution in [3.8, 4) is 5.75 Å². The van der Waals surface area contributed by atoms with Crippen LogP contribution >= 0.6 is 0 Å². The lowest BCUT2D eigenvalue weighted by atomic mass is 9.72. The minimum absolute atomic E-state index is 0.0922. The zero-order chi connectivity index (χ0) is 23.9. The van der Waals surface area contributed by atoms with Gasteiger partial charge in [-0.2, -0.15) is 0 Å². The SMILES string of the molecule is O=C(CC1CCC(NCCNc2ccccn2)CC1)N[C@H]1Cc2cccc(C(O)O)c2OB1O. The van der Waals surface area contributed by atoms with Gasteiger partial charge in [0.25, 0.3) is 0 Å². The molecule has 182 valence electrons. The Bertz CT molecular complexity index is 940. The topological polar surface area (TPSA) is 136 Å². The summed E-state index contributed by atoms with van der Waals surface area (Å²) in [6.07, 6.45) is 4.94. The molecule has 0 unspecified atom stereocenters. The van der Waals surface area contributed by atoms with Crippen molar-refractivity contribution >= 4 is 18.8 Å². The van der Waals surface area contributed by atoms with Crippen LogP contribution in [0.15, 0.2) is 42.6 Å². The number of anilines is 1. The molecule has 10 heteroatoms.